The monoisotopic (exact) mass is 494 g/mol. The Morgan fingerprint density at radius 3 is 2.54 bits per heavy atom. The Morgan fingerprint density at radius 1 is 1.11 bits per heavy atom. The molecule has 0 saturated heterocycles. The molecule has 148 valence electrons. The summed E-state index contributed by atoms with van der Waals surface area (Å²) in [4.78, 5) is 38.3. The Morgan fingerprint density at radius 2 is 1.86 bits per heavy atom. The number of hydrogen-bond acceptors (Lipinski definition) is 4. The number of nitrogens with zero attached hydrogens (tertiary/aromatic N) is 1. The highest BCUT2D eigenvalue weighted by Gasteiger charge is 2.19. The number of rotatable bonds is 8. The summed E-state index contributed by atoms with van der Waals surface area (Å²) in [6, 6.07) is 14.4. The van der Waals surface area contributed by atoms with Crippen molar-refractivity contribution in [3.63, 3.8) is 0 Å². The maximum Gasteiger partial charge on any atom is 0.338 e. The lowest BCUT2D eigenvalue weighted by atomic mass is 10.2. The number of ether oxygens (including phenoxy) is 1. The zero-order valence-corrected chi connectivity index (χ0v) is 18.1. The second kappa shape index (κ2) is 10.8. The lowest BCUT2D eigenvalue weighted by Gasteiger charge is -2.21. The van der Waals surface area contributed by atoms with Crippen LogP contribution in [-0.2, 0) is 14.3 Å². The first kappa shape index (κ1) is 21.9. The normalized spacial score (nSPS) is 10.2. The van der Waals surface area contributed by atoms with Crippen LogP contribution >= 0.6 is 22.6 Å². The number of halogens is 1. The van der Waals surface area contributed by atoms with E-state index in [1.165, 1.54) is 4.90 Å². The first-order chi connectivity index (χ1) is 13.4. The smallest absolute Gasteiger partial charge is 0.338 e. The highest BCUT2D eigenvalue weighted by atomic mass is 127. The fraction of sp³-hybridized carbons (Fsp3) is 0.286. The molecule has 0 fully saturated rings. The van der Waals surface area contributed by atoms with Crippen LogP contribution in [0.3, 0.4) is 0 Å². The Kier molecular flexibility index (Phi) is 8.43. The molecule has 0 aromatic heterocycles. The number of anilines is 1. The molecule has 0 spiro atoms. The maximum atomic E-state index is 12.5. The molecule has 0 aliphatic rings. The minimum absolute atomic E-state index is 0.0954. The average Bonchev–Trinajstić information content (AvgIpc) is 2.67. The highest BCUT2D eigenvalue weighted by Crippen LogP contribution is 2.13. The standard InChI is InChI=1S/C21H23IN2O4/c1-3-11-24(13-19(25)23-18-10-5-4-7-15(18)2)20(26)14-28-21(27)16-8-6-9-17(22)12-16/h4-10,12H,3,11,13-14H2,1-2H3,(H,23,25). The average molecular weight is 494 g/mol. The van der Waals surface area contributed by atoms with Gasteiger partial charge in [0.05, 0.1) is 12.1 Å². The number of benzene rings is 2. The number of esters is 1. The van der Waals surface area contributed by atoms with Crippen molar-refractivity contribution in [1.29, 1.82) is 0 Å². The lowest BCUT2D eigenvalue weighted by molar-refractivity contribution is -0.137. The van der Waals surface area contributed by atoms with Crippen molar-refractivity contribution in [1.82, 2.24) is 4.90 Å². The van der Waals surface area contributed by atoms with Crippen LogP contribution in [0.25, 0.3) is 0 Å². The molecule has 0 radical (unpaired) electrons. The number of hydrogen-bond donors (Lipinski definition) is 1. The fourth-order valence-electron chi connectivity index (χ4n) is 2.56. The van der Waals surface area contributed by atoms with Crippen molar-refractivity contribution in [2.75, 3.05) is 25.0 Å². The summed E-state index contributed by atoms with van der Waals surface area (Å²) in [7, 11) is 0. The molecule has 0 unspecified atom stereocenters. The number of para-hydroxylation sites is 1. The first-order valence-electron chi connectivity index (χ1n) is 8.96. The van der Waals surface area contributed by atoms with Crippen molar-refractivity contribution < 1.29 is 19.1 Å². The van der Waals surface area contributed by atoms with E-state index < -0.39 is 18.5 Å². The summed E-state index contributed by atoms with van der Waals surface area (Å²) in [6.07, 6.45) is 0.689. The molecular weight excluding hydrogens is 471 g/mol. The Hall–Kier alpha value is -2.42. The van der Waals surface area contributed by atoms with Crippen LogP contribution in [0, 0.1) is 10.5 Å². The number of aryl methyl sites for hydroxylation is 1. The van der Waals surface area contributed by atoms with E-state index >= 15 is 0 Å². The van der Waals surface area contributed by atoms with Gasteiger partial charge in [0.1, 0.15) is 0 Å². The molecule has 1 N–H and O–H groups in total. The van der Waals surface area contributed by atoms with Crippen LogP contribution in [0.2, 0.25) is 0 Å². The summed E-state index contributed by atoms with van der Waals surface area (Å²) >= 11 is 2.10. The van der Waals surface area contributed by atoms with E-state index in [1.54, 1.807) is 18.2 Å². The molecule has 0 aliphatic carbocycles. The van der Waals surface area contributed by atoms with Crippen LogP contribution in [0.15, 0.2) is 48.5 Å². The van der Waals surface area contributed by atoms with Crippen molar-refractivity contribution in [2.24, 2.45) is 0 Å². The van der Waals surface area contributed by atoms with Crippen LogP contribution < -0.4 is 5.32 Å². The molecular formula is C21H23IN2O4. The molecule has 0 atom stereocenters. The van der Waals surface area contributed by atoms with Crippen molar-refractivity contribution in [3.05, 3.63) is 63.2 Å². The van der Waals surface area contributed by atoms with Crippen molar-refractivity contribution in [2.45, 2.75) is 20.3 Å². The predicted octanol–water partition coefficient (Wildman–Crippen LogP) is 3.63. The molecule has 7 heteroatoms. The number of amides is 2. The summed E-state index contributed by atoms with van der Waals surface area (Å²) in [6.45, 7) is 3.72. The highest BCUT2D eigenvalue weighted by molar-refractivity contribution is 14.1. The summed E-state index contributed by atoms with van der Waals surface area (Å²) in [5.41, 5.74) is 2.04. The molecule has 2 amide bonds. The lowest BCUT2D eigenvalue weighted by Crippen LogP contribution is -2.40. The zero-order chi connectivity index (χ0) is 20.5. The summed E-state index contributed by atoms with van der Waals surface area (Å²) in [5.74, 6) is -1.26. The van der Waals surface area contributed by atoms with E-state index in [0.29, 0.717) is 24.2 Å². The number of carbonyl (C=O) groups is 3. The second-order valence-corrected chi connectivity index (χ2v) is 7.51. The third-order valence-corrected chi connectivity index (χ3v) is 4.66. The molecule has 0 heterocycles. The minimum atomic E-state index is -0.562. The van der Waals surface area contributed by atoms with Gasteiger partial charge < -0.3 is 15.0 Å². The fourth-order valence-corrected chi connectivity index (χ4v) is 3.10. The van der Waals surface area contributed by atoms with Gasteiger partial charge in [-0.3, -0.25) is 9.59 Å². The Bertz CT molecular complexity index is 854. The van der Waals surface area contributed by atoms with Crippen LogP contribution in [0.4, 0.5) is 5.69 Å². The topological polar surface area (TPSA) is 75.7 Å². The maximum absolute atomic E-state index is 12.5. The van der Waals surface area contributed by atoms with Crippen molar-refractivity contribution in [3.8, 4) is 0 Å². The number of carbonyl (C=O) groups excluding carboxylic acids is 3. The van der Waals surface area contributed by atoms with E-state index in [1.807, 2.05) is 44.2 Å². The molecule has 2 aromatic rings. The van der Waals surface area contributed by atoms with Crippen LogP contribution in [0.1, 0.15) is 29.3 Å². The van der Waals surface area contributed by atoms with Gasteiger partial charge in [-0.1, -0.05) is 31.2 Å². The van der Waals surface area contributed by atoms with Gasteiger partial charge >= 0.3 is 5.97 Å². The SMILES string of the molecule is CCCN(CC(=O)Nc1ccccc1C)C(=O)COC(=O)c1cccc(I)c1. The van der Waals surface area contributed by atoms with Crippen LogP contribution in [-0.4, -0.2) is 42.4 Å². The Balaban J connectivity index is 1.92. The molecule has 28 heavy (non-hydrogen) atoms. The van der Waals surface area contributed by atoms with Gasteiger partial charge in [-0.25, -0.2) is 4.79 Å². The van der Waals surface area contributed by atoms with E-state index in [0.717, 1.165) is 9.13 Å². The molecule has 2 aromatic carbocycles. The second-order valence-electron chi connectivity index (χ2n) is 6.26. The van der Waals surface area contributed by atoms with Crippen LogP contribution in [0.5, 0.6) is 0 Å². The van der Waals surface area contributed by atoms with Gasteiger partial charge in [-0.05, 0) is 65.8 Å². The van der Waals surface area contributed by atoms with Crippen molar-refractivity contribution >= 4 is 46.1 Å². The van der Waals surface area contributed by atoms with Gasteiger partial charge in [-0.2, -0.15) is 0 Å². The molecule has 0 aliphatic heterocycles. The van der Waals surface area contributed by atoms with E-state index in [2.05, 4.69) is 27.9 Å². The third-order valence-electron chi connectivity index (χ3n) is 3.99. The van der Waals surface area contributed by atoms with Gasteiger partial charge in [-0.15, -0.1) is 0 Å². The largest absolute Gasteiger partial charge is 0.452 e. The quantitative estimate of drug-likeness (QED) is 0.450. The third kappa shape index (κ3) is 6.63. The first-order valence-corrected chi connectivity index (χ1v) is 10.0. The Labute approximate surface area is 178 Å². The summed E-state index contributed by atoms with van der Waals surface area (Å²) in [5, 5.41) is 2.81. The predicted molar refractivity (Wildman–Crippen MR) is 116 cm³/mol. The molecule has 2 rings (SSSR count). The molecule has 0 saturated carbocycles. The van der Waals surface area contributed by atoms with Gasteiger partial charge in [0, 0.05) is 15.8 Å². The van der Waals surface area contributed by atoms with E-state index in [9.17, 15) is 14.4 Å². The van der Waals surface area contributed by atoms with Gasteiger partial charge in [0.2, 0.25) is 5.91 Å². The van der Waals surface area contributed by atoms with Gasteiger partial charge in [0.25, 0.3) is 5.91 Å². The van der Waals surface area contributed by atoms with E-state index in [4.69, 9.17) is 4.74 Å². The number of nitrogens with one attached hydrogen (secondary N) is 1. The zero-order valence-electron chi connectivity index (χ0n) is 15.9. The minimum Gasteiger partial charge on any atom is -0.452 e. The molecule has 0 bridgehead atoms. The summed E-state index contributed by atoms with van der Waals surface area (Å²) < 4.78 is 6.03. The van der Waals surface area contributed by atoms with E-state index in [-0.39, 0.29) is 12.5 Å². The van der Waals surface area contributed by atoms with Gasteiger partial charge in [0.15, 0.2) is 6.61 Å². The molecule has 6 nitrogen and oxygen atoms in total.